The summed E-state index contributed by atoms with van der Waals surface area (Å²) in [5.41, 5.74) is 2.99. The smallest absolute Gasteiger partial charge is 0.243 e. The highest BCUT2D eigenvalue weighted by Gasteiger charge is 2.30. The molecule has 0 heterocycles. The van der Waals surface area contributed by atoms with E-state index in [1.54, 1.807) is 4.90 Å². The Bertz CT molecular complexity index is 1170. The lowest BCUT2D eigenvalue weighted by Gasteiger charge is -2.32. The number of nitrogens with zero attached hydrogens (tertiary/aromatic N) is 1. The Labute approximate surface area is 233 Å². The van der Waals surface area contributed by atoms with E-state index in [1.807, 2.05) is 107 Å². The number of rotatable bonds is 15. The molecule has 0 fully saturated rings. The van der Waals surface area contributed by atoms with Crippen molar-refractivity contribution in [1.29, 1.82) is 0 Å². The molecule has 39 heavy (non-hydrogen) atoms. The van der Waals surface area contributed by atoms with Crippen molar-refractivity contribution in [2.45, 2.75) is 72.0 Å². The average Bonchev–Trinajstić information content (AvgIpc) is 2.96. The summed E-state index contributed by atoms with van der Waals surface area (Å²) in [6.07, 6.45) is 2.06. The Hall–Kier alpha value is -3.80. The largest absolute Gasteiger partial charge is 0.490 e. The number of carbonyl (C=O) groups excluding carboxylic acids is 2. The number of amides is 2. The van der Waals surface area contributed by atoms with Crippen molar-refractivity contribution in [1.82, 2.24) is 10.2 Å². The molecule has 2 atom stereocenters. The Morgan fingerprint density at radius 1 is 0.795 bits per heavy atom. The third-order valence-corrected chi connectivity index (χ3v) is 6.70. The van der Waals surface area contributed by atoms with Crippen LogP contribution in [0.2, 0.25) is 0 Å². The van der Waals surface area contributed by atoms with Crippen LogP contribution in [0.1, 0.15) is 57.2 Å². The Kier molecular flexibility index (Phi) is 11.9. The molecule has 0 spiro atoms. The number of carbonyl (C=O) groups is 2. The van der Waals surface area contributed by atoms with Crippen molar-refractivity contribution in [3.8, 4) is 11.5 Å². The summed E-state index contributed by atoms with van der Waals surface area (Å²) in [7, 11) is 0. The second-order valence-corrected chi connectivity index (χ2v) is 9.68. The minimum absolute atomic E-state index is 0.0188. The normalized spacial score (nSPS) is 12.3. The quantitative estimate of drug-likeness (QED) is 0.263. The predicted octanol–water partition coefficient (Wildman–Crippen LogP) is 5.97. The van der Waals surface area contributed by atoms with Gasteiger partial charge in [-0.15, -0.1) is 0 Å². The summed E-state index contributed by atoms with van der Waals surface area (Å²) in [5, 5.41) is 3.12. The topological polar surface area (TPSA) is 67.9 Å². The highest BCUT2D eigenvalue weighted by molar-refractivity contribution is 5.88. The Morgan fingerprint density at radius 3 is 2.03 bits per heavy atom. The second kappa shape index (κ2) is 15.6. The third-order valence-electron chi connectivity index (χ3n) is 6.70. The molecule has 6 nitrogen and oxygen atoms in total. The summed E-state index contributed by atoms with van der Waals surface area (Å²) in [5.74, 6) is 1.19. The molecule has 3 aromatic rings. The van der Waals surface area contributed by atoms with E-state index in [1.165, 1.54) is 0 Å². The lowest BCUT2D eigenvalue weighted by Crippen LogP contribution is -2.52. The van der Waals surface area contributed by atoms with E-state index < -0.39 is 6.04 Å². The molecule has 0 bridgehead atoms. The molecule has 3 rings (SSSR count). The maximum Gasteiger partial charge on any atom is 0.243 e. The molecule has 208 valence electrons. The summed E-state index contributed by atoms with van der Waals surface area (Å²) >= 11 is 0. The van der Waals surface area contributed by atoms with Gasteiger partial charge in [-0.25, -0.2) is 0 Å². The molecule has 0 aliphatic rings. The third kappa shape index (κ3) is 9.17. The van der Waals surface area contributed by atoms with E-state index in [4.69, 9.17) is 9.47 Å². The maximum atomic E-state index is 13.9. The van der Waals surface area contributed by atoms with Gasteiger partial charge >= 0.3 is 0 Å². The van der Waals surface area contributed by atoms with Gasteiger partial charge in [-0.3, -0.25) is 9.59 Å². The maximum absolute atomic E-state index is 13.9. The SMILES string of the molecule is CCOc1ccc(CCC(=O)N(Cc2ccccc2)[C@H](Cc2ccccc2)C(=O)N[C@@H](C)CC)cc1OCC. The summed E-state index contributed by atoms with van der Waals surface area (Å²) < 4.78 is 11.5. The van der Waals surface area contributed by atoms with Crippen molar-refractivity contribution < 1.29 is 19.1 Å². The number of hydrogen-bond donors (Lipinski definition) is 1. The summed E-state index contributed by atoms with van der Waals surface area (Å²) in [6, 6.07) is 24.9. The van der Waals surface area contributed by atoms with Gasteiger partial charge in [0.1, 0.15) is 6.04 Å². The summed E-state index contributed by atoms with van der Waals surface area (Å²) in [4.78, 5) is 29.2. The van der Waals surface area contributed by atoms with Gasteiger partial charge in [0.05, 0.1) is 13.2 Å². The van der Waals surface area contributed by atoms with Crippen LogP contribution in [-0.4, -0.2) is 42.0 Å². The first-order chi connectivity index (χ1) is 18.9. The van der Waals surface area contributed by atoms with Crippen molar-refractivity contribution in [2.75, 3.05) is 13.2 Å². The van der Waals surface area contributed by atoms with E-state index in [-0.39, 0.29) is 24.3 Å². The molecule has 1 N–H and O–H groups in total. The van der Waals surface area contributed by atoms with Crippen LogP contribution in [0.3, 0.4) is 0 Å². The van der Waals surface area contributed by atoms with Gasteiger partial charge in [0, 0.05) is 25.4 Å². The van der Waals surface area contributed by atoms with Gasteiger partial charge in [-0.05, 0) is 62.4 Å². The number of benzene rings is 3. The number of ether oxygens (including phenoxy) is 2. The van der Waals surface area contributed by atoms with Crippen molar-refractivity contribution >= 4 is 11.8 Å². The molecule has 0 saturated carbocycles. The molecular formula is C33H42N2O4. The molecular weight excluding hydrogens is 488 g/mol. The van der Waals surface area contributed by atoms with Crippen LogP contribution in [0.25, 0.3) is 0 Å². The fourth-order valence-corrected chi connectivity index (χ4v) is 4.42. The fraction of sp³-hybridized carbons (Fsp3) is 0.394. The van der Waals surface area contributed by atoms with Crippen LogP contribution in [-0.2, 0) is 29.0 Å². The van der Waals surface area contributed by atoms with Crippen LogP contribution >= 0.6 is 0 Å². The first-order valence-corrected chi connectivity index (χ1v) is 14.0. The Balaban J connectivity index is 1.88. The number of hydrogen-bond acceptors (Lipinski definition) is 4. The highest BCUT2D eigenvalue weighted by Crippen LogP contribution is 2.29. The molecule has 6 heteroatoms. The molecule has 0 radical (unpaired) electrons. The molecule has 0 unspecified atom stereocenters. The van der Waals surface area contributed by atoms with Crippen LogP contribution in [0.15, 0.2) is 78.9 Å². The number of nitrogens with one attached hydrogen (secondary N) is 1. The second-order valence-electron chi connectivity index (χ2n) is 9.68. The summed E-state index contributed by atoms with van der Waals surface area (Å²) in [6.45, 7) is 9.34. The molecule has 0 aliphatic heterocycles. The highest BCUT2D eigenvalue weighted by atomic mass is 16.5. The predicted molar refractivity (Wildman–Crippen MR) is 156 cm³/mol. The Morgan fingerprint density at radius 2 is 1.41 bits per heavy atom. The molecule has 0 aliphatic carbocycles. The van der Waals surface area contributed by atoms with Gasteiger partial charge in [0.2, 0.25) is 11.8 Å². The first kappa shape index (κ1) is 29.8. The van der Waals surface area contributed by atoms with Crippen molar-refractivity contribution in [3.63, 3.8) is 0 Å². The van der Waals surface area contributed by atoms with E-state index in [0.717, 1.165) is 23.1 Å². The minimum Gasteiger partial charge on any atom is -0.490 e. The van der Waals surface area contributed by atoms with Crippen LogP contribution < -0.4 is 14.8 Å². The molecule has 2 amide bonds. The lowest BCUT2D eigenvalue weighted by atomic mass is 10.0. The van der Waals surface area contributed by atoms with Gasteiger partial charge < -0.3 is 19.7 Å². The zero-order chi connectivity index (χ0) is 28.0. The molecule has 0 saturated heterocycles. The van der Waals surface area contributed by atoms with Crippen molar-refractivity contribution in [3.05, 3.63) is 95.6 Å². The zero-order valence-corrected chi connectivity index (χ0v) is 23.7. The van der Waals surface area contributed by atoms with E-state index in [2.05, 4.69) is 5.32 Å². The fourth-order valence-electron chi connectivity index (χ4n) is 4.42. The van der Waals surface area contributed by atoms with Gasteiger partial charge in [0.25, 0.3) is 0 Å². The first-order valence-electron chi connectivity index (χ1n) is 14.0. The average molecular weight is 531 g/mol. The monoisotopic (exact) mass is 530 g/mol. The van der Waals surface area contributed by atoms with Gasteiger partial charge in [-0.2, -0.15) is 0 Å². The van der Waals surface area contributed by atoms with E-state index >= 15 is 0 Å². The van der Waals surface area contributed by atoms with E-state index in [9.17, 15) is 9.59 Å². The van der Waals surface area contributed by atoms with Crippen molar-refractivity contribution in [2.24, 2.45) is 0 Å². The zero-order valence-electron chi connectivity index (χ0n) is 23.7. The van der Waals surface area contributed by atoms with Gasteiger partial charge in [0.15, 0.2) is 11.5 Å². The van der Waals surface area contributed by atoms with Crippen LogP contribution in [0.5, 0.6) is 11.5 Å². The molecule has 0 aromatic heterocycles. The van der Waals surface area contributed by atoms with Crippen LogP contribution in [0.4, 0.5) is 0 Å². The molecule has 3 aromatic carbocycles. The minimum atomic E-state index is -0.631. The lowest BCUT2D eigenvalue weighted by molar-refractivity contribution is -0.141. The van der Waals surface area contributed by atoms with E-state index in [0.29, 0.717) is 44.1 Å². The number of aryl methyl sites for hydroxylation is 1. The standard InChI is InChI=1S/C33H42N2O4/c1-5-25(4)34-33(37)29(22-26-14-10-8-11-15-26)35(24-28-16-12-9-13-17-28)32(36)21-19-27-18-20-30(38-6-2)31(23-27)39-7-3/h8-18,20,23,25,29H,5-7,19,21-22,24H2,1-4H3,(H,34,37)/t25-,29+/m0/s1. The van der Waals surface area contributed by atoms with Crippen LogP contribution in [0, 0.1) is 0 Å². The van der Waals surface area contributed by atoms with Gasteiger partial charge in [-0.1, -0.05) is 73.7 Å².